The van der Waals surface area contributed by atoms with Crippen molar-refractivity contribution >= 4 is 17.2 Å². The van der Waals surface area contributed by atoms with Gasteiger partial charge < -0.3 is 10.1 Å². The topological polar surface area (TPSA) is 38.3 Å². The minimum Gasteiger partial charge on any atom is -0.375 e. The molecule has 0 radical (unpaired) electrons. The molecule has 1 aromatic heterocycles. The number of aryl methyl sites for hydroxylation is 1. The molecule has 1 amide bonds. The lowest BCUT2D eigenvalue weighted by Crippen LogP contribution is -2.29. The third kappa shape index (κ3) is 4.65. The Morgan fingerprint density at radius 2 is 2.19 bits per heavy atom. The summed E-state index contributed by atoms with van der Waals surface area (Å²) in [6, 6.07) is 8.50. The van der Waals surface area contributed by atoms with Gasteiger partial charge in [-0.2, -0.15) is 11.3 Å². The van der Waals surface area contributed by atoms with Crippen LogP contribution in [0.25, 0.3) is 0 Å². The van der Waals surface area contributed by atoms with E-state index >= 15 is 0 Å². The summed E-state index contributed by atoms with van der Waals surface area (Å²) in [7, 11) is 1.62. The fourth-order valence-corrected chi connectivity index (χ4v) is 2.74. The second-order valence-electron chi connectivity index (χ2n) is 4.68. The molecule has 5 heteroatoms. The first-order valence-corrected chi connectivity index (χ1v) is 7.70. The van der Waals surface area contributed by atoms with Crippen molar-refractivity contribution in [3.05, 3.63) is 58.0 Å². The third-order valence-corrected chi connectivity index (χ3v) is 3.96. The fourth-order valence-electron chi connectivity index (χ4n) is 2.04. The van der Waals surface area contributed by atoms with E-state index in [1.165, 1.54) is 6.07 Å². The average Bonchev–Trinajstić information content (AvgIpc) is 3.01. The summed E-state index contributed by atoms with van der Waals surface area (Å²) in [5, 5.41) is 6.80. The molecule has 112 valence electrons. The number of carbonyl (C=O) groups is 1. The van der Waals surface area contributed by atoms with E-state index in [4.69, 9.17) is 4.74 Å². The Kier molecular flexibility index (Phi) is 5.90. The third-order valence-electron chi connectivity index (χ3n) is 3.26. The van der Waals surface area contributed by atoms with Gasteiger partial charge in [-0.05, 0) is 40.4 Å². The molecule has 0 spiro atoms. The van der Waals surface area contributed by atoms with E-state index in [0.29, 0.717) is 18.5 Å². The molecule has 0 fully saturated rings. The van der Waals surface area contributed by atoms with Gasteiger partial charge in [-0.15, -0.1) is 0 Å². The van der Waals surface area contributed by atoms with Crippen LogP contribution in [0.3, 0.4) is 0 Å². The number of thiophene rings is 1. The van der Waals surface area contributed by atoms with Crippen LogP contribution in [0.1, 0.15) is 23.7 Å². The van der Waals surface area contributed by atoms with Crippen molar-refractivity contribution in [2.75, 3.05) is 13.7 Å². The number of carbonyl (C=O) groups excluding carboxylic acids is 1. The molecular weight excluding hydrogens is 289 g/mol. The normalized spacial score (nSPS) is 12.1. The van der Waals surface area contributed by atoms with Gasteiger partial charge >= 0.3 is 0 Å². The summed E-state index contributed by atoms with van der Waals surface area (Å²) >= 11 is 1.59. The van der Waals surface area contributed by atoms with E-state index in [-0.39, 0.29) is 24.2 Å². The lowest BCUT2D eigenvalue weighted by atomic mass is 10.1. The van der Waals surface area contributed by atoms with Gasteiger partial charge in [-0.1, -0.05) is 18.2 Å². The zero-order valence-electron chi connectivity index (χ0n) is 11.8. The van der Waals surface area contributed by atoms with E-state index in [2.05, 4.69) is 5.32 Å². The molecule has 1 N–H and O–H groups in total. The maximum Gasteiger partial charge on any atom is 0.220 e. The van der Waals surface area contributed by atoms with Gasteiger partial charge in [-0.3, -0.25) is 4.79 Å². The van der Waals surface area contributed by atoms with Crippen LogP contribution in [0, 0.1) is 5.82 Å². The number of methoxy groups -OCH3 is 1. The monoisotopic (exact) mass is 307 g/mol. The van der Waals surface area contributed by atoms with Crippen LogP contribution >= 0.6 is 11.3 Å². The number of hydrogen-bond donors (Lipinski definition) is 1. The number of amides is 1. The van der Waals surface area contributed by atoms with Crippen molar-refractivity contribution in [1.29, 1.82) is 0 Å². The molecule has 0 aliphatic rings. The molecule has 0 unspecified atom stereocenters. The zero-order valence-corrected chi connectivity index (χ0v) is 12.7. The van der Waals surface area contributed by atoms with Gasteiger partial charge in [0.05, 0.1) is 0 Å². The fraction of sp³-hybridized carbons (Fsp3) is 0.312. The molecule has 3 nitrogen and oxygen atoms in total. The lowest BCUT2D eigenvalue weighted by Gasteiger charge is -2.15. The van der Waals surface area contributed by atoms with E-state index in [0.717, 1.165) is 5.56 Å². The molecular formula is C16H18FNO2S. The van der Waals surface area contributed by atoms with Crippen molar-refractivity contribution in [3.8, 4) is 0 Å². The molecule has 2 rings (SSSR count). The van der Waals surface area contributed by atoms with Gasteiger partial charge in [0.1, 0.15) is 11.9 Å². The zero-order chi connectivity index (χ0) is 15.1. The van der Waals surface area contributed by atoms with E-state index in [1.54, 1.807) is 36.6 Å². The van der Waals surface area contributed by atoms with E-state index in [1.807, 2.05) is 16.8 Å². The van der Waals surface area contributed by atoms with Gasteiger partial charge in [0.15, 0.2) is 0 Å². The lowest BCUT2D eigenvalue weighted by molar-refractivity contribution is -0.121. The van der Waals surface area contributed by atoms with Gasteiger partial charge in [0, 0.05) is 20.1 Å². The molecule has 21 heavy (non-hydrogen) atoms. The summed E-state index contributed by atoms with van der Waals surface area (Å²) in [5.41, 5.74) is 1.62. The van der Waals surface area contributed by atoms with Crippen molar-refractivity contribution in [3.63, 3.8) is 0 Å². The largest absolute Gasteiger partial charge is 0.375 e. The average molecular weight is 307 g/mol. The van der Waals surface area contributed by atoms with Gasteiger partial charge in [0.25, 0.3) is 0 Å². The van der Waals surface area contributed by atoms with Gasteiger partial charge in [-0.25, -0.2) is 4.39 Å². The SMILES string of the molecule is CO[C@H](CNC(=O)CCc1ccccc1F)c1ccsc1. The molecule has 1 heterocycles. The number of ether oxygens (including phenoxy) is 1. The van der Waals surface area contributed by atoms with E-state index in [9.17, 15) is 9.18 Å². The Labute approximate surface area is 127 Å². The Morgan fingerprint density at radius 1 is 1.38 bits per heavy atom. The maximum absolute atomic E-state index is 13.4. The Bertz CT molecular complexity index is 571. The minimum absolute atomic E-state index is 0.101. The molecule has 1 atom stereocenters. The molecule has 0 aliphatic heterocycles. The van der Waals surface area contributed by atoms with Crippen molar-refractivity contribution < 1.29 is 13.9 Å². The Hall–Kier alpha value is -1.72. The van der Waals surface area contributed by atoms with Crippen LogP contribution in [0.4, 0.5) is 4.39 Å². The molecule has 0 saturated heterocycles. The van der Waals surface area contributed by atoms with Gasteiger partial charge in [0.2, 0.25) is 5.91 Å². The van der Waals surface area contributed by atoms with Crippen LogP contribution in [0.15, 0.2) is 41.1 Å². The van der Waals surface area contributed by atoms with Crippen LogP contribution in [0.5, 0.6) is 0 Å². The number of benzene rings is 1. The predicted octanol–water partition coefficient (Wildman–Crippen LogP) is 3.32. The van der Waals surface area contributed by atoms with E-state index < -0.39 is 0 Å². The smallest absolute Gasteiger partial charge is 0.220 e. The maximum atomic E-state index is 13.4. The number of hydrogen-bond acceptors (Lipinski definition) is 3. The summed E-state index contributed by atoms with van der Waals surface area (Å²) in [4.78, 5) is 11.8. The van der Waals surface area contributed by atoms with Crippen molar-refractivity contribution in [2.45, 2.75) is 18.9 Å². The second-order valence-corrected chi connectivity index (χ2v) is 5.46. The highest BCUT2D eigenvalue weighted by Crippen LogP contribution is 2.18. The number of rotatable bonds is 7. The van der Waals surface area contributed by atoms with Crippen LogP contribution in [-0.4, -0.2) is 19.6 Å². The van der Waals surface area contributed by atoms with Crippen LogP contribution < -0.4 is 5.32 Å². The highest BCUT2D eigenvalue weighted by molar-refractivity contribution is 7.07. The summed E-state index contributed by atoms with van der Waals surface area (Å²) in [6.07, 6.45) is 0.518. The first-order valence-electron chi connectivity index (χ1n) is 6.75. The highest BCUT2D eigenvalue weighted by Gasteiger charge is 2.12. The summed E-state index contributed by atoms with van der Waals surface area (Å²) in [5.74, 6) is -0.367. The molecule has 0 bridgehead atoms. The quantitative estimate of drug-likeness (QED) is 0.852. The van der Waals surface area contributed by atoms with Crippen molar-refractivity contribution in [1.82, 2.24) is 5.32 Å². The van der Waals surface area contributed by atoms with Crippen LogP contribution in [-0.2, 0) is 16.0 Å². The highest BCUT2D eigenvalue weighted by atomic mass is 32.1. The Morgan fingerprint density at radius 3 is 2.86 bits per heavy atom. The standard InChI is InChI=1S/C16H18FNO2S/c1-20-15(13-8-9-21-11-13)10-18-16(19)7-6-12-4-2-3-5-14(12)17/h2-5,8-9,11,15H,6-7,10H2,1H3,(H,18,19)/t15-/m1/s1. The first kappa shape index (κ1) is 15.7. The molecule has 2 aromatic rings. The number of halogens is 1. The predicted molar refractivity (Wildman–Crippen MR) is 81.8 cm³/mol. The Balaban J connectivity index is 1.78. The molecule has 1 aromatic carbocycles. The number of nitrogens with one attached hydrogen (secondary N) is 1. The molecule has 0 aliphatic carbocycles. The summed E-state index contributed by atoms with van der Waals surface area (Å²) < 4.78 is 18.8. The summed E-state index contributed by atoms with van der Waals surface area (Å²) in [6.45, 7) is 0.420. The van der Waals surface area contributed by atoms with Crippen LogP contribution in [0.2, 0.25) is 0 Å². The first-order chi connectivity index (χ1) is 10.2. The minimum atomic E-state index is -0.265. The second kappa shape index (κ2) is 7.90. The molecule has 0 saturated carbocycles. The van der Waals surface area contributed by atoms with Crippen molar-refractivity contribution in [2.24, 2.45) is 0 Å².